The van der Waals surface area contributed by atoms with Crippen molar-refractivity contribution in [2.45, 2.75) is 19.4 Å². The minimum atomic E-state index is -0.203. The van der Waals surface area contributed by atoms with E-state index in [1.54, 1.807) is 0 Å². The fourth-order valence-electron chi connectivity index (χ4n) is 5.11. The summed E-state index contributed by atoms with van der Waals surface area (Å²) in [6, 6.07) is 33.8. The van der Waals surface area contributed by atoms with Crippen molar-refractivity contribution in [1.82, 2.24) is 9.88 Å². The van der Waals surface area contributed by atoms with Crippen LogP contribution in [0.5, 0.6) is 0 Å². The van der Waals surface area contributed by atoms with Gasteiger partial charge in [-0.3, -0.25) is 19.8 Å². The van der Waals surface area contributed by atoms with E-state index < -0.39 is 0 Å². The van der Waals surface area contributed by atoms with Crippen LogP contribution >= 0.6 is 11.3 Å². The number of amides is 2. The SMILES string of the molecule is O=C(Nc1nc2ccc(NC(=O)C3CCN(Cc4ccccc4)CC3)cc2s1)c1ccc(-c2ccccc2)cc1. The number of piperidine rings is 1. The second-order valence-corrected chi connectivity index (χ2v) is 11.2. The fourth-order valence-corrected chi connectivity index (χ4v) is 6.01. The molecule has 0 radical (unpaired) electrons. The van der Waals surface area contributed by atoms with E-state index in [1.807, 2.05) is 78.9 Å². The van der Waals surface area contributed by atoms with Crippen LogP contribution in [0.1, 0.15) is 28.8 Å². The summed E-state index contributed by atoms with van der Waals surface area (Å²) in [4.78, 5) is 32.8. The first-order valence-corrected chi connectivity index (χ1v) is 14.4. The van der Waals surface area contributed by atoms with Gasteiger partial charge in [0.2, 0.25) is 5.91 Å². The second kappa shape index (κ2) is 11.8. The van der Waals surface area contributed by atoms with Gasteiger partial charge in [-0.05, 0) is 73.0 Å². The normalized spacial score (nSPS) is 14.2. The number of carbonyl (C=O) groups excluding carboxylic acids is 2. The van der Waals surface area contributed by atoms with E-state index >= 15 is 0 Å². The summed E-state index contributed by atoms with van der Waals surface area (Å²) in [5, 5.41) is 6.54. The summed E-state index contributed by atoms with van der Waals surface area (Å²) in [6.07, 6.45) is 1.70. The summed E-state index contributed by atoms with van der Waals surface area (Å²) in [7, 11) is 0. The molecule has 7 heteroatoms. The lowest BCUT2D eigenvalue weighted by Gasteiger charge is -2.31. The van der Waals surface area contributed by atoms with Crippen LogP contribution in [0.3, 0.4) is 0 Å². The van der Waals surface area contributed by atoms with Gasteiger partial charge in [-0.25, -0.2) is 4.98 Å². The highest BCUT2D eigenvalue weighted by molar-refractivity contribution is 7.22. The molecular formula is C33H30N4O2S. The number of thiazole rings is 1. The lowest BCUT2D eigenvalue weighted by Crippen LogP contribution is -2.37. The molecule has 5 aromatic rings. The van der Waals surface area contributed by atoms with Gasteiger partial charge in [0, 0.05) is 23.7 Å². The number of likely N-dealkylation sites (tertiary alicyclic amines) is 1. The van der Waals surface area contributed by atoms with Crippen molar-refractivity contribution in [3.63, 3.8) is 0 Å². The van der Waals surface area contributed by atoms with Crippen LogP contribution in [-0.2, 0) is 11.3 Å². The Balaban J connectivity index is 1.04. The Morgan fingerprint density at radius 3 is 2.20 bits per heavy atom. The minimum Gasteiger partial charge on any atom is -0.326 e. The molecule has 1 aliphatic heterocycles. The minimum absolute atomic E-state index is 0.00677. The number of nitrogens with one attached hydrogen (secondary N) is 2. The van der Waals surface area contributed by atoms with E-state index in [2.05, 4.69) is 44.8 Å². The number of hydrogen-bond donors (Lipinski definition) is 2. The summed E-state index contributed by atoms with van der Waals surface area (Å²) >= 11 is 1.40. The van der Waals surface area contributed by atoms with Crippen molar-refractivity contribution in [3.05, 3.63) is 114 Å². The van der Waals surface area contributed by atoms with Gasteiger partial charge in [0.1, 0.15) is 0 Å². The largest absolute Gasteiger partial charge is 0.326 e. The molecule has 6 nitrogen and oxygen atoms in total. The lowest BCUT2D eigenvalue weighted by molar-refractivity contribution is -0.121. The maximum Gasteiger partial charge on any atom is 0.257 e. The van der Waals surface area contributed by atoms with E-state index in [9.17, 15) is 9.59 Å². The van der Waals surface area contributed by atoms with Gasteiger partial charge in [-0.1, -0.05) is 84.1 Å². The molecule has 1 fully saturated rings. The van der Waals surface area contributed by atoms with Crippen LogP contribution in [0, 0.1) is 5.92 Å². The third-order valence-electron chi connectivity index (χ3n) is 7.34. The van der Waals surface area contributed by atoms with Crippen molar-refractivity contribution >= 4 is 44.2 Å². The number of fused-ring (bicyclic) bond motifs is 1. The number of rotatable bonds is 7. The van der Waals surface area contributed by atoms with Gasteiger partial charge in [-0.15, -0.1) is 0 Å². The van der Waals surface area contributed by atoms with Crippen molar-refractivity contribution in [2.75, 3.05) is 23.7 Å². The Bertz CT molecular complexity index is 1610. The number of hydrogen-bond acceptors (Lipinski definition) is 5. The Kier molecular flexibility index (Phi) is 7.66. The number of aromatic nitrogens is 1. The molecule has 6 rings (SSSR count). The highest BCUT2D eigenvalue weighted by Gasteiger charge is 2.25. The lowest BCUT2D eigenvalue weighted by atomic mass is 9.95. The number of anilines is 2. The molecule has 1 aromatic heterocycles. The molecule has 40 heavy (non-hydrogen) atoms. The smallest absolute Gasteiger partial charge is 0.257 e. The molecule has 0 bridgehead atoms. The van der Waals surface area contributed by atoms with Gasteiger partial charge >= 0.3 is 0 Å². The van der Waals surface area contributed by atoms with Crippen LogP contribution < -0.4 is 10.6 Å². The molecule has 1 saturated heterocycles. The maximum absolute atomic E-state index is 13.0. The molecule has 1 aliphatic rings. The van der Waals surface area contributed by atoms with Gasteiger partial charge in [-0.2, -0.15) is 0 Å². The first kappa shape index (κ1) is 25.9. The summed E-state index contributed by atoms with van der Waals surface area (Å²) in [6.45, 7) is 2.76. The van der Waals surface area contributed by atoms with E-state index in [1.165, 1.54) is 16.9 Å². The van der Waals surface area contributed by atoms with E-state index in [0.29, 0.717) is 10.7 Å². The van der Waals surface area contributed by atoms with Crippen LogP contribution in [0.15, 0.2) is 103 Å². The Hall–Kier alpha value is -4.33. The van der Waals surface area contributed by atoms with Crippen molar-refractivity contribution in [3.8, 4) is 11.1 Å². The predicted molar refractivity (Wildman–Crippen MR) is 163 cm³/mol. The van der Waals surface area contributed by atoms with E-state index in [-0.39, 0.29) is 17.7 Å². The average Bonchev–Trinajstić information content (AvgIpc) is 3.40. The summed E-state index contributed by atoms with van der Waals surface area (Å²) in [5.74, 6) is -0.131. The molecule has 0 saturated carbocycles. The second-order valence-electron chi connectivity index (χ2n) is 10.1. The molecule has 2 heterocycles. The number of benzene rings is 4. The first-order chi connectivity index (χ1) is 19.6. The molecule has 2 N–H and O–H groups in total. The molecule has 2 amide bonds. The Morgan fingerprint density at radius 2 is 1.48 bits per heavy atom. The topological polar surface area (TPSA) is 74.3 Å². The molecule has 0 unspecified atom stereocenters. The van der Waals surface area contributed by atoms with Gasteiger partial charge in [0.15, 0.2) is 5.13 Å². The Morgan fingerprint density at radius 1 is 0.800 bits per heavy atom. The third-order valence-corrected chi connectivity index (χ3v) is 8.27. The molecule has 200 valence electrons. The highest BCUT2D eigenvalue weighted by Crippen LogP contribution is 2.30. The van der Waals surface area contributed by atoms with Crippen LogP contribution in [0.2, 0.25) is 0 Å². The molecule has 0 spiro atoms. The van der Waals surface area contributed by atoms with Gasteiger partial charge in [0.05, 0.1) is 10.2 Å². The van der Waals surface area contributed by atoms with Crippen LogP contribution in [0.4, 0.5) is 10.8 Å². The molecule has 4 aromatic carbocycles. The standard InChI is InChI=1S/C33H30N4O2S/c38-31(27-17-19-37(20-18-27)22-23-7-3-1-4-8-23)34-28-15-16-29-30(21-28)40-33(35-29)36-32(39)26-13-11-25(12-14-26)24-9-5-2-6-10-24/h1-16,21,27H,17-20,22H2,(H,34,38)(H,35,36,39). The quantitative estimate of drug-likeness (QED) is 0.229. The van der Waals surface area contributed by atoms with Gasteiger partial charge < -0.3 is 5.32 Å². The predicted octanol–water partition coefficient (Wildman–Crippen LogP) is 7.07. The summed E-state index contributed by atoms with van der Waals surface area (Å²) in [5.41, 5.74) is 5.58. The average molecular weight is 547 g/mol. The fraction of sp³-hybridized carbons (Fsp3) is 0.182. The molecule has 0 atom stereocenters. The van der Waals surface area contributed by atoms with E-state index in [4.69, 9.17) is 0 Å². The third kappa shape index (κ3) is 6.11. The van der Waals surface area contributed by atoms with E-state index in [0.717, 1.165) is 59.5 Å². The highest BCUT2D eigenvalue weighted by atomic mass is 32.1. The van der Waals surface area contributed by atoms with Crippen LogP contribution in [0.25, 0.3) is 21.3 Å². The maximum atomic E-state index is 13.0. The first-order valence-electron chi connectivity index (χ1n) is 13.6. The van der Waals surface area contributed by atoms with Crippen molar-refractivity contribution in [1.29, 1.82) is 0 Å². The molecular weight excluding hydrogens is 516 g/mol. The van der Waals surface area contributed by atoms with Crippen LogP contribution in [-0.4, -0.2) is 34.8 Å². The van der Waals surface area contributed by atoms with Gasteiger partial charge in [0.25, 0.3) is 5.91 Å². The monoisotopic (exact) mass is 546 g/mol. The number of nitrogens with zero attached hydrogens (tertiary/aromatic N) is 2. The van der Waals surface area contributed by atoms with Crippen molar-refractivity contribution < 1.29 is 9.59 Å². The zero-order valence-corrected chi connectivity index (χ0v) is 22.9. The zero-order valence-electron chi connectivity index (χ0n) is 22.0. The van der Waals surface area contributed by atoms with Crippen molar-refractivity contribution in [2.24, 2.45) is 5.92 Å². The molecule has 0 aliphatic carbocycles. The number of carbonyl (C=O) groups is 2. The zero-order chi connectivity index (χ0) is 27.3. The summed E-state index contributed by atoms with van der Waals surface area (Å²) < 4.78 is 0.908. The Labute approximate surface area is 237 Å².